The summed E-state index contributed by atoms with van der Waals surface area (Å²) in [6.07, 6.45) is 6.66. The Balaban J connectivity index is 0.00000484. The van der Waals surface area contributed by atoms with Crippen LogP contribution in [0.3, 0.4) is 0 Å². The first-order valence-electron chi connectivity index (χ1n) is 21.2. The topological polar surface area (TPSA) is 22.8 Å². The number of nitrogens with zero attached hydrogens (tertiary/aromatic N) is 3. The summed E-state index contributed by atoms with van der Waals surface area (Å²) >= 11 is 0. The van der Waals surface area contributed by atoms with Gasteiger partial charge in [0.2, 0.25) is 0 Å². The van der Waals surface area contributed by atoms with E-state index in [-0.39, 0.29) is 41.8 Å². The van der Waals surface area contributed by atoms with Gasteiger partial charge in [0.15, 0.2) is 0 Å². The fourth-order valence-electron chi connectivity index (χ4n) is 9.12. The van der Waals surface area contributed by atoms with Crippen molar-refractivity contribution in [1.29, 1.82) is 0 Å². The van der Waals surface area contributed by atoms with E-state index in [2.05, 4.69) is 208 Å². The van der Waals surface area contributed by atoms with Crippen LogP contribution in [0, 0.1) is 11.5 Å². The number of allylic oxidation sites excluding steroid dienone is 1. The van der Waals surface area contributed by atoms with E-state index in [1.165, 1.54) is 71.6 Å². The Morgan fingerprint density at radius 2 is 1.05 bits per heavy atom. The van der Waals surface area contributed by atoms with E-state index in [1.54, 1.807) is 0 Å². The summed E-state index contributed by atoms with van der Waals surface area (Å²) in [5.41, 5.74) is 16.5. The Kier molecular flexibility index (Phi) is 9.85. The molecule has 5 aromatic carbocycles. The first kappa shape index (κ1) is 41.0. The van der Waals surface area contributed by atoms with Crippen LogP contribution in [0.5, 0.6) is 0 Å². The molecule has 0 amide bonds. The van der Waals surface area contributed by atoms with Gasteiger partial charge in [-0.25, -0.2) is 0 Å². The molecule has 3 aromatic heterocycles. The SMILES string of the molecule is CC(C)(C)C1=Cc2c(n(-c3c[c-]c(-c4ncc(-n5c6ccc(C(C)(C)C)cc6c6cc(C(C)(C)C)ccc65)c5ccccc45)cc3)c3ccc(C(C)(C)C)cc23)CC1.[Ir]. The van der Waals surface area contributed by atoms with Crippen LogP contribution in [0.25, 0.3) is 72.2 Å². The fourth-order valence-corrected chi connectivity index (χ4v) is 9.12. The fraction of sp³-hybridized carbons (Fsp3) is 0.327. The summed E-state index contributed by atoms with van der Waals surface area (Å²) in [5.74, 6) is 0. The average molecular weight is 953 g/mol. The van der Waals surface area contributed by atoms with Crippen molar-refractivity contribution in [3.8, 4) is 22.6 Å². The first-order valence-corrected chi connectivity index (χ1v) is 21.2. The van der Waals surface area contributed by atoms with Gasteiger partial charge in [0, 0.05) is 64.6 Å². The van der Waals surface area contributed by atoms with Gasteiger partial charge in [-0.3, -0.25) is 0 Å². The standard InChI is InChI=1S/C55H58N3.Ir/c1-52(2,3)35-19-25-46-42(29-35)43-30-36(53(4,5)6)20-26-47(43)57(46)39-23-17-34(18-24-39)51-41-16-14-13-15-40(41)50(33-56-51)58-48-27-21-37(54(7,8)9)31-44(48)45-32-38(55(10,11)12)22-28-49(45)58;/h13-17,19,21-25,27-33H,20,26H2,1-12H3;/q-1;. The third-order valence-electron chi connectivity index (χ3n) is 12.7. The molecule has 1 aliphatic carbocycles. The summed E-state index contributed by atoms with van der Waals surface area (Å²) in [7, 11) is 0. The molecule has 0 bridgehead atoms. The predicted octanol–water partition coefficient (Wildman–Crippen LogP) is 15.0. The van der Waals surface area contributed by atoms with E-state index in [1.807, 2.05) is 0 Å². The Hall–Kier alpha value is -4.76. The normalized spacial score (nSPS) is 13.9. The monoisotopic (exact) mass is 953 g/mol. The maximum absolute atomic E-state index is 5.27. The molecule has 3 heterocycles. The molecule has 0 saturated carbocycles. The molecule has 3 nitrogen and oxygen atoms in total. The number of benzene rings is 5. The zero-order chi connectivity index (χ0) is 41.1. The predicted molar refractivity (Wildman–Crippen MR) is 249 cm³/mol. The zero-order valence-electron chi connectivity index (χ0n) is 37.0. The molecule has 0 N–H and O–H groups in total. The maximum atomic E-state index is 5.27. The minimum absolute atomic E-state index is 0. The summed E-state index contributed by atoms with van der Waals surface area (Å²) < 4.78 is 4.92. The quantitative estimate of drug-likeness (QED) is 0.162. The number of aromatic nitrogens is 3. The Bertz CT molecular complexity index is 2890. The van der Waals surface area contributed by atoms with E-state index < -0.39 is 0 Å². The first-order chi connectivity index (χ1) is 27.3. The van der Waals surface area contributed by atoms with Gasteiger partial charge in [-0.05, 0) is 104 Å². The zero-order valence-corrected chi connectivity index (χ0v) is 39.4. The molecule has 4 heteroatoms. The summed E-state index contributed by atoms with van der Waals surface area (Å²) in [4.78, 5) is 5.27. The number of rotatable bonds is 3. The summed E-state index contributed by atoms with van der Waals surface area (Å²) in [6, 6.07) is 40.3. The van der Waals surface area contributed by atoms with Crippen molar-refractivity contribution in [3.63, 3.8) is 0 Å². The van der Waals surface area contributed by atoms with Crippen molar-refractivity contribution >= 4 is 49.6 Å². The Morgan fingerprint density at radius 1 is 0.525 bits per heavy atom. The van der Waals surface area contributed by atoms with Crippen LogP contribution in [-0.4, -0.2) is 14.1 Å². The second-order valence-corrected chi connectivity index (χ2v) is 20.9. The molecule has 1 radical (unpaired) electrons. The van der Waals surface area contributed by atoms with Crippen LogP contribution in [0.15, 0.2) is 109 Å². The number of pyridine rings is 1. The van der Waals surface area contributed by atoms with Gasteiger partial charge in [-0.15, -0.1) is 29.8 Å². The summed E-state index contributed by atoms with van der Waals surface area (Å²) in [6.45, 7) is 27.7. The van der Waals surface area contributed by atoms with E-state index in [0.29, 0.717) is 0 Å². The van der Waals surface area contributed by atoms with Crippen LogP contribution >= 0.6 is 0 Å². The maximum Gasteiger partial charge on any atom is 0.0706 e. The number of hydrogen-bond donors (Lipinski definition) is 0. The number of fused-ring (bicyclic) bond motifs is 7. The second kappa shape index (κ2) is 14.2. The average Bonchev–Trinajstić information content (AvgIpc) is 3.67. The molecular formula is C55H58IrN3-. The molecule has 0 unspecified atom stereocenters. The van der Waals surface area contributed by atoms with Gasteiger partial charge in [0.25, 0.3) is 0 Å². The van der Waals surface area contributed by atoms with Gasteiger partial charge in [0.1, 0.15) is 0 Å². The van der Waals surface area contributed by atoms with Crippen molar-refractivity contribution in [2.24, 2.45) is 5.41 Å². The van der Waals surface area contributed by atoms with Gasteiger partial charge in [0.05, 0.1) is 16.7 Å². The molecular weight excluding hydrogens is 895 g/mol. The third kappa shape index (κ3) is 7.01. The molecule has 0 saturated heterocycles. The summed E-state index contributed by atoms with van der Waals surface area (Å²) in [5, 5.41) is 6.20. The van der Waals surface area contributed by atoms with Crippen molar-refractivity contribution in [2.75, 3.05) is 0 Å². The van der Waals surface area contributed by atoms with Crippen LogP contribution in [0.4, 0.5) is 0 Å². The molecule has 0 fully saturated rings. The van der Waals surface area contributed by atoms with Crippen molar-refractivity contribution in [1.82, 2.24) is 14.1 Å². The van der Waals surface area contributed by atoms with Crippen molar-refractivity contribution in [2.45, 2.75) is 112 Å². The van der Waals surface area contributed by atoms with Gasteiger partial charge < -0.3 is 14.1 Å². The van der Waals surface area contributed by atoms with E-state index >= 15 is 0 Å². The van der Waals surface area contributed by atoms with Crippen LogP contribution in [0.1, 0.15) is 117 Å². The molecule has 0 spiro atoms. The minimum atomic E-state index is 0. The van der Waals surface area contributed by atoms with E-state index in [9.17, 15) is 0 Å². The molecule has 8 aromatic rings. The molecule has 9 rings (SSSR count). The molecule has 0 aliphatic heterocycles. The van der Waals surface area contributed by atoms with E-state index in [4.69, 9.17) is 4.98 Å². The van der Waals surface area contributed by atoms with Crippen molar-refractivity contribution < 1.29 is 20.1 Å². The van der Waals surface area contributed by atoms with E-state index in [0.717, 1.165) is 40.9 Å². The second-order valence-electron chi connectivity index (χ2n) is 20.9. The smallest absolute Gasteiger partial charge is 0.0706 e. The largest absolute Gasteiger partial charge is 0.354 e. The van der Waals surface area contributed by atoms with Gasteiger partial charge in [-0.2, -0.15) is 0 Å². The van der Waals surface area contributed by atoms with Crippen LogP contribution in [0.2, 0.25) is 0 Å². The van der Waals surface area contributed by atoms with Crippen LogP contribution < -0.4 is 0 Å². The number of hydrogen-bond acceptors (Lipinski definition) is 1. The van der Waals surface area contributed by atoms with Gasteiger partial charge >= 0.3 is 0 Å². The third-order valence-corrected chi connectivity index (χ3v) is 12.7. The Morgan fingerprint density at radius 3 is 1.56 bits per heavy atom. The minimum Gasteiger partial charge on any atom is -0.354 e. The van der Waals surface area contributed by atoms with Gasteiger partial charge in [-0.1, -0.05) is 137 Å². The Labute approximate surface area is 364 Å². The molecule has 59 heavy (non-hydrogen) atoms. The molecule has 0 atom stereocenters. The molecule has 1 aliphatic rings. The van der Waals surface area contributed by atoms with Crippen LogP contribution in [-0.2, 0) is 42.8 Å². The van der Waals surface area contributed by atoms with Crippen molar-refractivity contribution in [3.05, 3.63) is 143 Å². The molecule has 303 valence electrons.